The predicted molar refractivity (Wildman–Crippen MR) is 127 cm³/mol. The molecule has 0 saturated carbocycles. The van der Waals surface area contributed by atoms with Gasteiger partial charge in [0, 0.05) is 18.8 Å². The van der Waals surface area contributed by atoms with Crippen molar-refractivity contribution >= 4 is 46.8 Å². The monoisotopic (exact) mass is 466 g/mol. The number of nitrogens with zero attached hydrogens (tertiary/aromatic N) is 1. The van der Waals surface area contributed by atoms with Gasteiger partial charge >= 0.3 is 0 Å². The summed E-state index contributed by atoms with van der Waals surface area (Å²) in [5.41, 5.74) is 2.15. The fraction of sp³-hybridized carbons (Fsp3) is 0.391. The standard InChI is InChI=1S/C23H28Cl2N2O2S/c1-3-21(23(29)26-4-2)27(13-12-17-8-6-5-7-9-17)22(28)16-30-15-18-10-11-19(24)20(25)14-18/h5-11,14,21H,3-4,12-13,15-16H2,1-2H3,(H,26,29)/t21-/m1/s1. The van der Waals surface area contributed by atoms with Gasteiger partial charge < -0.3 is 10.2 Å². The molecule has 2 amide bonds. The molecule has 0 aromatic heterocycles. The smallest absolute Gasteiger partial charge is 0.242 e. The SMILES string of the molecule is CCNC(=O)[C@@H](CC)N(CCc1ccccc1)C(=O)CSCc1ccc(Cl)c(Cl)c1. The van der Waals surface area contributed by atoms with Crippen LogP contribution >= 0.6 is 35.0 Å². The van der Waals surface area contributed by atoms with E-state index in [2.05, 4.69) is 5.32 Å². The van der Waals surface area contributed by atoms with Crippen molar-refractivity contribution in [1.29, 1.82) is 0 Å². The van der Waals surface area contributed by atoms with Crippen LogP contribution in [0.25, 0.3) is 0 Å². The van der Waals surface area contributed by atoms with Gasteiger partial charge in [-0.2, -0.15) is 0 Å². The maximum atomic E-state index is 13.1. The Bertz CT molecular complexity index is 833. The summed E-state index contributed by atoms with van der Waals surface area (Å²) in [5.74, 6) is 0.808. The molecule has 0 aliphatic rings. The summed E-state index contributed by atoms with van der Waals surface area (Å²) in [5, 5.41) is 3.88. The third-order valence-electron chi connectivity index (χ3n) is 4.70. The van der Waals surface area contributed by atoms with E-state index in [-0.39, 0.29) is 11.8 Å². The van der Waals surface area contributed by atoms with Gasteiger partial charge in [0.2, 0.25) is 11.8 Å². The molecule has 0 bridgehead atoms. The van der Waals surface area contributed by atoms with E-state index in [1.165, 1.54) is 11.8 Å². The van der Waals surface area contributed by atoms with Crippen LogP contribution in [0, 0.1) is 0 Å². The Morgan fingerprint density at radius 1 is 1.03 bits per heavy atom. The van der Waals surface area contributed by atoms with E-state index in [9.17, 15) is 9.59 Å². The van der Waals surface area contributed by atoms with E-state index in [1.807, 2.05) is 56.3 Å². The molecular weight excluding hydrogens is 439 g/mol. The summed E-state index contributed by atoms with van der Waals surface area (Å²) in [6.45, 7) is 4.87. The molecule has 2 rings (SSSR count). The number of benzene rings is 2. The lowest BCUT2D eigenvalue weighted by molar-refractivity contribution is -0.138. The van der Waals surface area contributed by atoms with E-state index in [0.717, 1.165) is 11.1 Å². The quantitative estimate of drug-likeness (QED) is 0.494. The highest BCUT2D eigenvalue weighted by Gasteiger charge is 2.27. The van der Waals surface area contributed by atoms with E-state index in [4.69, 9.17) is 23.2 Å². The predicted octanol–water partition coefficient (Wildman–Crippen LogP) is 5.21. The van der Waals surface area contributed by atoms with Crippen LogP contribution in [0.4, 0.5) is 0 Å². The van der Waals surface area contributed by atoms with Gasteiger partial charge in [0.25, 0.3) is 0 Å². The van der Waals surface area contributed by atoms with Gasteiger partial charge in [0.05, 0.1) is 15.8 Å². The number of carbonyl (C=O) groups is 2. The number of hydrogen-bond acceptors (Lipinski definition) is 3. The number of rotatable bonds is 11. The summed E-state index contributed by atoms with van der Waals surface area (Å²) < 4.78 is 0. The highest BCUT2D eigenvalue weighted by atomic mass is 35.5. The highest BCUT2D eigenvalue weighted by Crippen LogP contribution is 2.25. The van der Waals surface area contributed by atoms with Crippen molar-refractivity contribution < 1.29 is 9.59 Å². The lowest BCUT2D eigenvalue weighted by Crippen LogP contribution is -2.50. The third-order valence-corrected chi connectivity index (χ3v) is 6.43. The number of thioether (sulfide) groups is 1. The molecule has 162 valence electrons. The Hall–Kier alpha value is -1.69. The van der Waals surface area contributed by atoms with E-state index >= 15 is 0 Å². The molecule has 0 fully saturated rings. The van der Waals surface area contributed by atoms with Crippen LogP contribution < -0.4 is 5.32 Å². The Balaban J connectivity index is 2.03. The van der Waals surface area contributed by atoms with Gasteiger partial charge in [-0.15, -0.1) is 11.8 Å². The highest BCUT2D eigenvalue weighted by molar-refractivity contribution is 7.99. The van der Waals surface area contributed by atoms with E-state index in [0.29, 0.717) is 47.5 Å². The second kappa shape index (κ2) is 12.9. The van der Waals surface area contributed by atoms with Gasteiger partial charge in [0.1, 0.15) is 6.04 Å². The summed E-state index contributed by atoms with van der Waals surface area (Å²) in [4.78, 5) is 27.3. The van der Waals surface area contributed by atoms with Crippen molar-refractivity contribution in [2.45, 2.75) is 38.5 Å². The van der Waals surface area contributed by atoms with E-state index < -0.39 is 6.04 Å². The molecule has 0 aliphatic carbocycles. The van der Waals surface area contributed by atoms with Gasteiger partial charge in [-0.05, 0) is 43.0 Å². The van der Waals surface area contributed by atoms with Gasteiger partial charge in [-0.25, -0.2) is 0 Å². The summed E-state index contributed by atoms with van der Waals surface area (Å²) >= 11 is 13.5. The number of amides is 2. The zero-order valence-electron chi connectivity index (χ0n) is 17.4. The summed E-state index contributed by atoms with van der Waals surface area (Å²) in [6, 6.07) is 15.0. The van der Waals surface area contributed by atoms with Crippen LogP contribution in [0.5, 0.6) is 0 Å². The van der Waals surface area contributed by atoms with Crippen molar-refractivity contribution in [2.24, 2.45) is 0 Å². The minimum Gasteiger partial charge on any atom is -0.355 e. The number of likely N-dealkylation sites (N-methyl/N-ethyl adjacent to an activating group) is 1. The van der Waals surface area contributed by atoms with Crippen LogP contribution in [-0.2, 0) is 21.8 Å². The zero-order valence-corrected chi connectivity index (χ0v) is 19.7. The van der Waals surface area contributed by atoms with Crippen molar-refractivity contribution in [2.75, 3.05) is 18.8 Å². The molecule has 0 saturated heterocycles. The Morgan fingerprint density at radius 2 is 1.77 bits per heavy atom. The Labute approximate surface area is 193 Å². The first-order chi connectivity index (χ1) is 14.5. The molecule has 0 unspecified atom stereocenters. The van der Waals surface area contributed by atoms with Crippen LogP contribution in [0.15, 0.2) is 48.5 Å². The van der Waals surface area contributed by atoms with Crippen LogP contribution in [-0.4, -0.2) is 41.6 Å². The normalized spacial score (nSPS) is 11.7. The fourth-order valence-corrected chi connectivity index (χ4v) is 4.33. The number of carbonyl (C=O) groups excluding carboxylic acids is 2. The fourth-order valence-electron chi connectivity index (χ4n) is 3.16. The number of hydrogen-bond donors (Lipinski definition) is 1. The molecule has 0 spiro atoms. The van der Waals surface area contributed by atoms with Crippen LogP contribution in [0.2, 0.25) is 10.0 Å². The molecule has 1 atom stereocenters. The first-order valence-corrected chi connectivity index (χ1v) is 12.0. The van der Waals surface area contributed by atoms with Crippen molar-refractivity contribution in [3.05, 3.63) is 69.7 Å². The Kier molecular flexibility index (Phi) is 10.6. The maximum absolute atomic E-state index is 13.1. The maximum Gasteiger partial charge on any atom is 0.242 e. The minimum atomic E-state index is -0.466. The molecule has 2 aromatic rings. The van der Waals surface area contributed by atoms with Crippen molar-refractivity contribution in [3.8, 4) is 0 Å². The molecule has 0 heterocycles. The largest absolute Gasteiger partial charge is 0.355 e. The van der Waals surface area contributed by atoms with Crippen molar-refractivity contribution in [3.63, 3.8) is 0 Å². The molecule has 30 heavy (non-hydrogen) atoms. The van der Waals surface area contributed by atoms with Crippen molar-refractivity contribution in [1.82, 2.24) is 10.2 Å². The van der Waals surface area contributed by atoms with Gasteiger partial charge in [-0.3, -0.25) is 9.59 Å². The molecular formula is C23H28Cl2N2O2S. The average molecular weight is 467 g/mol. The first-order valence-electron chi connectivity index (χ1n) is 10.1. The summed E-state index contributed by atoms with van der Waals surface area (Å²) in [7, 11) is 0. The number of halogens is 2. The topological polar surface area (TPSA) is 49.4 Å². The third kappa shape index (κ3) is 7.53. The molecule has 1 N–H and O–H groups in total. The minimum absolute atomic E-state index is 0.0332. The first kappa shape index (κ1) is 24.6. The van der Waals surface area contributed by atoms with Gasteiger partial charge in [-0.1, -0.05) is 66.5 Å². The molecule has 7 heteroatoms. The molecule has 0 radical (unpaired) electrons. The zero-order chi connectivity index (χ0) is 21.9. The lowest BCUT2D eigenvalue weighted by Gasteiger charge is -2.30. The molecule has 2 aromatic carbocycles. The van der Waals surface area contributed by atoms with E-state index in [1.54, 1.807) is 11.0 Å². The average Bonchev–Trinajstić information content (AvgIpc) is 2.74. The number of nitrogens with one attached hydrogen (secondary N) is 1. The molecule has 4 nitrogen and oxygen atoms in total. The molecule has 0 aliphatic heterocycles. The van der Waals surface area contributed by atoms with Crippen LogP contribution in [0.1, 0.15) is 31.4 Å². The second-order valence-electron chi connectivity index (χ2n) is 6.88. The lowest BCUT2D eigenvalue weighted by atomic mass is 10.1. The van der Waals surface area contributed by atoms with Crippen LogP contribution in [0.3, 0.4) is 0 Å². The second-order valence-corrected chi connectivity index (χ2v) is 8.68. The van der Waals surface area contributed by atoms with Gasteiger partial charge in [0.15, 0.2) is 0 Å². The Morgan fingerprint density at radius 3 is 2.40 bits per heavy atom. The summed E-state index contributed by atoms with van der Waals surface area (Å²) in [6.07, 6.45) is 1.28.